The average Bonchev–Trinajstić information content (AvgIpc) is 3.10. The number of benzene rings is 1. The Morgan fingerprint density at radius 1 is 1.24 bits per heavy atom. The van der Waals surface area contributed by atoms with Crippen LogP contribution < -0.4 is 21.1 Å². The van der Waals surface area contributed by atoms with Crippen molar-refractivity contribution in [1.29, 1.82) is 0 Å². The molecule has 0 bridgehead atoms. The molecule has 0 amide bonds. The lowest BCUT2D eigenvalue weighted by Crippen LogP contribution is -2.39. The van der Waals surface area contributed by atoms with Crippen LogP contribution in [0, 0.1) is 0 Å². The van der Waals surface area contributed by atoms with Crippen LogP contribution in [0.25, 0.3) is 11.2 Å². The lowest BCUT2D eigenvalue weighted by molar-refractivity contribution is -0.149. The van der Waals surface area contributed by atoms with Crippen molar-refractivity contribution >= 4 is 36.6 Å². The van der Waals surface area contributed by atoms with E-state index in [2.05, 4.69) is 20.0 Å². The second-order valence-electron chi connectivity index (χ2n) is 9.33. The van der Waals surface area contributed by atoms with Gasteiger partial charge in [-0.05, 0) is 32.9 Å². The minimum atomic E-state index is -4.32. The Balaban J connectivity index is 1.36. The second kappa shape index (κ2) is 9.45. The van der Waals surface area contributed by atoms with Gasteiger partial charge < -0.3 is 35.7 Å². The van der Waals surface area contributed by atoms with Gasteiger partial charge in [0, 0.05) is 0 Å². The molecule has 1 aliphatic carbocycles. The van der Waals surface area contributed by atoms with E-state index in [-0.39, 0.29) is 28.7 Å². The highest BCUT2D eigenvalue weighted by Gasteiger charge is 2.79. The zero-order valence-electron chi connectivity index (χ0n) is 20.7. The topological polar surface area (TPSA) is 219 Å². The van der Waals surface area contributed by atoms with Gasteiger partial charge in [0.2, 0.25) is 5.95 Å². The predicted molar refractivity (Wildman–Crippen MR) is 132 cm³/mol. The van der Waals surface area contributed by atoms with E-state index in [1.165, 1.54) is 17.8 Å². The van der Waals surface area contributed by atoms with Gasteiger partial charge in [-0.15, -0.1) is 0 Å². The minimum Gasteiger partial charge on any atom is -0.462 e. The summed E-state index contributed by atoms with van der Waals surface area (Å²) in [5, 5.41) is 24.8. The first-order valence-corrected chi connectivity index (χ1v) is 13.3. The number of imidazole rings is 1. The first-order valence-electron chi connectivity index (χ1n) is 11.8. The van der Waals surface area contributed by atoms with Crippen molar-refractivity contribution in [1.82, 2.24) is 24.6 Å². The van der Waals surface area contributed by atoms with Gasteiger partial charge in [0.1, 0.15) is 35.6 Å². The molecule has 7 atom stereocenters. The molecule has 0 radical (unpaired) electrons. The van der Waals surface area contributed by atoms with Crippen LogP contribution in [0.3, 0.4) is 0 Å². The first kappa shape index (κ1) is 26.3. The molecule has 3 heterocycles. The number of hydrogen-bond acceptors (Lipinski definition) is 13. The van der Waals surface area contributed by atoms with Crippen molar-refractivity contribution < 1.29 is 38.1 Å². The molecule has 2 aromatic heterocycles. The van der Waals surface area contributed by atoms with E-state index in [4.69, 9.17) is 30.0 Å². The number of fused-ring (bicyclic) bond motifs is 2. The number of aliphatic hydroxyl groups excluding tert-OH is 1. The third-order valence-electron chi connectivity index (χ3n) is 6.13. The number of ether oxygens (including phenoxy) is 2. The van der Waals surface area contributed by atoms with Crippen LogP contribution in [0.1, 0.15) is 27.0 Å². The number of carbonyl (C=O) groups is 1. The monoisotopic (exact) mass is 549 g/mol. The molecule has 5 rings (SSSR count). The van der Waals surface area contributed by atoms with Gasteiger partial charge in [0.15, 0.2) is 23.3 Å². The summed E-state index contributed by atoms with van der Waals surface area (Å²) in [4.78, 5) is 24.4. The van der Waals surface area contributed by atoms with E-state index < -0.39 is 56.0 Å². The molecule has 2 aliphatic rings. The number of para-hydroxylation sites is 1. The fourth-order valence-corrected chi connectivity index (χ4v) is 5.99. The first-order chi connectivity index (χ1) is 17.9. The summed E-state index contributed by atoms with van der Waals surface area (Å²) in [6.45, 7) is 4.78. The van der Waals surface area contributed by atoms with Gasteiger partial charge in [-0.3, -0.25) is 13.9 Å². The molecular weight excluding hydrogens is 521 g/mol. The Morgan fingerprint density at radius 2 is 1.95 bits per heavy atom. The van der Waals surface area contributed by atoms with Gasteiger partial charge in [0.05, 0.1) is 12.4 Å². The number of nitrogens with one attached hydrogen (secondary N) is 1. The fourth-order valence-electron chi connectivity index (χ4n) is 4.27. The summed E-state index contributed by atoms with van der Waals surface area (Å²) in [5.74, 6) is -0.563. The molecule has 1 saturated heterocycles. The van der Waals surface area contributed by atoms with Crippen LogP contribution in [0.4, 0.5) is 11.8 Å². The Hall–Kier alpha value is -3.33. The number of carbonyl (C=O) groups excluding carboxylic acids is 1. The molecule has 1 aliphatic heterocycles. The zero-order chi connectivity index (χ0) is 27.4. The molecule has 16 heteroatoms. The summed E-state index contributed by atoms with van der Waals surface area (Å²) in [6, 6.07) is 7.05. The summed E-state index contributed by atoms with van der Waals surface area (Å²) in [6.07, 6.45) is -4.12. The van der Waals surface area contributed by atoms with E-state index in [9.17, 15) is 19.6 Å². The number of aliphatic hydroxyl groups is 2. The normalized spacial score (nSPS) is 28.6. The van der Waals surface area contributed by atoms with Gasteiger partial charge in [-0.1, -0.05) is 18.2 Å². The van der Waals surface area contributed by atoms with Gasteiger partial charge in [-0.2, -0.15) is 15.1 Å². The number of nitrogen functional groups attached to an aromatic ring is 2. The molecule has 15 nitrogen and oxygen atoms in total. The summed E-state index contributed by atoms with van der Waals surface area (Å²) in [5.41, 5.74) is 10.0. The molecule has 38 heavy (non-hydrogen) atoms. The van der Waals surface area contributed by atoms with Crippen molar-refractivity contribution in [3.8, 4) is 5.75 Å². The van der Waals surface area contributed by atoms with Crippen LogP contribution in [-0.4, -0.2) is 71.8 Å². The molecule has 204 valence electrons. The highest BCUT2D eigenvalue weighted by atomic mass is 31.2. The molecule has 1 aromatic carbocycles. The van der Waals surface area contributed by atoms with Crippen molar-refractivity contribution in [3.63, 3.8) is 0 Å². The quantitative estimate of drug-likeness (QED) is 0.181. The van der Waals surface area contributed by atoms with Crippen molar-refractivity contribution in [2.75, 3.05) is 11.5 Å². The molecule has 3 aromatic rings. The predicted octanol–water partition coefficient (Wildman–Crippen LogP) is 0.496. The van der Waals surface area contributed by atoms with Gasteiger partial charge in [-0.25, -0.2) is 9.55 Å². The average molecular weight is 549 g/mol. The summed E-state index contributed by atoms with van der Waals surface area (Å²) in [7, 11) is -4.32. The number of nitrogens with two attached hydrogens (primary N) is 2. The van der Waals surface area contributed by atoms with E-state index in [1.807, 2.05) is 0 Å². The maximum absolute atomic E-state index is 13.8. The number of rotatable bonds is 9. The maximum Gasteiger partial charge on any atom is 0.459 e. The zero-order valence-corrected chi connectivity index (χ0v) is 21.6. The largest absolute Gasteiger partial charge is 0.462 e. The Morgan fingerprint density at radius 3 is 2.58 bits per heavy atom. The Bertz CT molecular complexity index is 1410. The second-order valence-corrected chi connectivity index (χ2v) is 11.0. The maximum atomic E-state index is 13.8. The summed E-state index contributed by atoms with van der Waals surface area (Å²) >= 11 is 0. The fraction of sp³-hybridized carbons (Fsp3) is 0.455. The number of esters is 1. The van der Waals surface area contributed by atoms with Crippen LogP contribution in [0.2, 0.25) is 0 Å². The molecule has 0 spiro atoms. The van der Waals surface area contributed by atoms with Crippen LogP contribution in [-0.2, 0) is 23.4 Å². The van der Waals surface area contributed by atoms with Gasteiger partial charge >= 0.3 is 13.7 Å². The molecule has 7 N–H and O–H groups in total. The van der Waals surface area contributed by atoms with Crippen molar-refractivity contribution in [2.45, 2.75) is 63.1 Å². The van der Waals surface area contributed by atoms with Crippen LogP contribution in [0.15, 0.2) is 36.7 Å². The molecule has 1 unspecified atom stereocenters. The van der Waals surface area contributed by atoms with E-state index >= 15 is 0 Å². The number of anilines is 2. The lowest BCUT2D eigenvalue weighted by Gasteiger charge is -2.27. The third-order valence-corrected chi connectivity index (χ3v) is 7.78. The van der Waals surface area contributed by atoms with Gasteiger partial charge in [0.25, 0.3) is 0 Å². The van der Waals surface area contributed by atoms with E-state index in [0.29, 0.717) is 0 Å². The molecule has 1 saturated carbocycles. The van der Waals surface area contributed by atoms with E-state index in [0.717, 1.165) is 0 Å². The smallest absolute Gasteiger partial charge is 0.459 e. The highest BCUT2D eigenvalue weighted by Crippen LogP contribution is 2.61. The van der Waals surface area contributed by atoms with Crippen molar-refractivity contribution in [3.05, 3.63) is 36.7 Å². The summed E-state index contributed by atoms with van der Waals surface area (Å²) < 4.78 is 37.5. The molecule has 2 fully saturated rings. The number of nitrogens with zero attached hydrogens (tertiary/aromatic N) is 4. The number of hydrogen-bond donors (Lipinski definition) is 5. The number of aromatic nitrogens is 4. The highest BCUT2D eigenvalue weighted by molar-refractivity contribution is 7.52. The Kier molecular flexibility index (Phi) is 6.54. The molecular formula is C22H28N7O8P. The standard InChI is InChI=1S/C22H28N7O8P/c1-10(2)34-20(31)11(3)28-38(33,36-12-7-5-4-6-8-12)37-16-15-22(16,32)14(30)19(35-15)29-9-25-13-17(23)26-21(24)27-18(13)29/h4-11,14-16,19,30,32H,1-3H3,(H,28,33)(H4,23,24,26,27)/t11-,14-,15+,16?,19+,22-,38+/m0/s1. The van der Waals surface area contributed by atoms with Crippen LogP contribution >= 0.6 is 7.75 Å². The third kappa shape index (κ3) is 4.57. The SMILES string of the molecule is CC(C)OC(=O)[C@H](C)N[P@@](=O)(Oc1ccccc1)OC1[C@H]2O[C@@H](n3cnc4c(N)nc(N)nc43)[C@H](O)[C@@]12O. The lowest BCUT2D eigenvalue weighted by atomic mass is 10.1. The van der Waals surface area contributed by atoms with E-state index in [1.54, 1.807) is 44.2 Å². The minimum absolute atomic E-state index is 0.0407. The van der Waals surface area contributed by atoms with Crippen molar-refractivity contribution in [2.24, 2.45) is 0 Å². The Labute approximate surface area is 216 Å². The van der Waals surface area contributed by atoms with Crippen LogP contribution in [0.5, 0.6) is 5.75 Å².